The van der Waals surface area contributed by atoms with Gasteiger partial charge in [0.25, 0.3) is 5.91 Å². The number of benzene rings is 3. The van der Waals surface area contributed by atoms with Gasteiger partial charge >= 0.3 is 5.97 Å². The highest BCUT2D eigenvalue weighted by Gasteiger charge is 2.13. The lowest BCUT2D eigenvalue weighted by Gasteiger charge is -2.10. The average Bonchev–Trinajstić information content (AvgIpc) is 2.81. The number of nitrogens with zero attached hydrogens (tertiary/aromatic N) is 1. The van der Waals surface area contributed by atoms with Gasteiger partial charge in [-0.2, -0.15) is 5.10 Å². The summed E-state index contributed by atoms with van der Waals surface area (Å²) in [5.74, 6) is 0.171. The Morgan fingerprint density at radius 3 is 2.22 bits per heavy atom. The molecular weight excluding hydrogens is 455 g/mol. The molecule has 1 amide bonds. The molecule has 0 aromatic heterocycles. The van der Waals surface area contributed by atoms with E-state index in [0.717, 1.165) is 0 Å². The van der Waals surface area contributed by atoms with Crippen molar-refractivity contribution in [2.24, 2.45) is 5.10 Å². The van der Waals surface area contributed by atoms with Crippen molar-refractivity contribution in [2.45, 2.75) is 0 Å². The first-order valence-electron chi connectivity index (χ1n) is 9.24. The average molecular weight is 473 g/mol. The van der Waals surface area contributed by atoms with E-state index in [9.17, 15) is 9.59 Å². The second-order valence-corrected chi connectivity index (χ2v) is 7.17. The van der Waals surface area contributed by atoms with E-state index < -0.39 is 11.9 Å². The maximum Gasteiger partial charge on any atom is 0.343 e. The van der Waals surface area contributed by atoms with Gasteiger partial charge in [0, 0.05) is 5.56 Å². The molecule has 1 N–H and O–H groups in total. The fourth-order valence-corrected chi connectivity index (χ4v) is 2.90. The smallest absolute Gasteiger partial charge is 0.343 e. The van der Waals surface area contributed by atoms with E-state index in [1.807, 2.05) is 0 Å². The van der Waals surface area contributed by atoms with Crippen molar-refractivity contribution < 1.29 is 23.8 Å². The number of rotatable bonds is 7. The molecule has 0 saturated carbocycles. The number of carbonyl (C=O) groups excluding carboxylic acids is 2. The molecule has 0 radical (unpaired) electrons. The van der Waals surface area contributed by atoms with E-state index in [2.05, 4.69) is 10.5 Å². The van der Waals surface area contributed by atoms with Crippen LogP contribution in [-0.2, 0) is 0 Å². The highest BCUT2D eigenvalue weighted by molar-refractivity contribution is 6.42. The van der Waals surface area contributed by atoms with Gasteiger partial charge in [0.05, 0.1) is 36.0 Å². The largest absolute Gasteiger partial charge is 0.497 e. The van der Waals surface area contributed by atoms with Crippen LogP contribution in [0.15, 0.2) is 65.8 Å². The standard InChI is InChI=1S/C23H18Cl2N2O5/c1-30-17-7-4-15(5-8-17)23(29)32-21-11-14(3-10-20(21)31-2)13-26-27-22(28)16-6-9-18(24)19(25)12-16/h3-13H,1-2H3,(H,27,28). The summed E-state index contributed by atoms with van der Waals surface area (Å²) in [5, 5.41) is 4.54. The topological polar surface area (TPSA) is 86.2 Å². The van der Waals surface area contributed by atoms with E-state index in [1.165, 1.54) is 38.6 Å². The van der Waals surface area contributed by atoms with Gasteiger partial charge in [-0.1, -0.05) is 23.2 Å². The molecule has 164 valence electrons. The third-order valence-electron chi connectivity index (χ3n) is 4.28. The number of halogens is 2. The normalized spacial score (nSPS) is 10.6. The number of ether oxygens (including phenoxy) is 3. The number of hydrogen-bond acceptors (Lipinski definition) is 6. The molecule has 0 unspecified atom stereocenters. The lowest BCUT2D eigenvalue weighted by Crippen LogP contribution is -2.17. The van der Waals surface area contributed by atoms with Crippen LogP contribution in [0.2, 0.25) is 10.0 Å². The molecule has 3 rings (SSSR count). The lowest BCUT2D eigenvalue weighted by molar-refractivity contribution is 0.0729. The Labute approximate surface area is 194 Å². The Balaban J connectivity index is 1.71. The van der Waals surface area contributed by atoms with Gasteiger partial charge in [0.2, 0.25) is 0 Å². The maximum atomic E-state index is 12.5. The van der Waals surface area contributed by atoms with Crippen LogP contribution in [0.25, 0.3) is 0 Å². The molecule has 0 heterocycles. The third-order valence-corrected chi connectivity index (χ3v) is 5.02. The van der Waals surface area contributed by atoms with Crippen molar-refractivity contribution >= 4 is 41.3 Å². The summed E-state index contributed by atoms with van der Waals surface area (Å²) < 4.78 is 15.8. The second-order valence-electron chi connectivity index (χ2n) is 6.36. The predicted molar refractivity (Wildman–Crippen MR) is 122 cm³/mol. The molecule has 0 saturated heterocycles. The minimum absolute atomic E-state index is 0.202. The first kappa shape index (κ1) is 23.1. The summed E-state index contributed by atoms with van der Waals surface area (Å²) >= 11 is 11.8. The van der Waals surface area contributed by atoms with Crippen LogP contribution in [0.3, 0.4) is 0 Å². The number of hydrazone groups is 1. The molecule has 0 fully saturated rings. The first-order valence-corrected chi connectivity index (χ1v) is 9.99. The van der Waals surface area contributed by atoms with E-state index in [1.54, 1.807) is 42.5 Å². The molecule has 3 aromatic carbocycles. The van der Waals surface area contributed by atoms with Crippen LogP contribution in [0.5, 0.6) is 17.2 Å². The van der Waals surface area contributed by atoms with Crippen molar-refractivity contribution in [3.8, 4) is 17.2 Å². The highest BCUT2D eigenvalue weighted by Crippen LogP contribution is 2.28. The number of nitrogens with one attached hydrogen (secondary N) is 1. The van der Waals surface area contributed by atoms with Crippen LogP contribution in [0, 0.1) is 0 Å². The molecule has 0 spiro atoms. The molecule has 32 heavy (non-hydrogen) atoms. The number of esters is 1. The number of hydrogen-bond donors (Lipinski definition) is 1. The van der Waals surface area contributed by atoms with Gasteiger partial charge in [0.15, 0.2) is 11.5 Å². The van der Waals surface area contributed by atoms with Gasteiger partial charge < -0.3 is 14.2 Å². The Bertz CT molecular complexity index is 1160. The monoisotopic (exact) mass is 472 g/mol. The van der Waals surface area contributed by atoms with Gasteiger partial charge in [-0.25, -0.2) is 10.2 Å². The first-order chi connectivity index (χ1) is 15.4. The summed E-state index contributed by atoms with van der Waals surface area (Å²) in [6.07, 6.45) is 1.40. The fourth-order valence-electron chi connectivity index (χ4n) is 2.61. The quantitative estimate of drug-likeness (QED) is 0.226. The van der Waals surface area contributed by atoms with E-state index in [0.29, 0.717) is 33.2 Å². The molecule has 0 aliphatic carbocycles. The number of amides is 1. The molecule has 0 aliphatic rings. The summed E-state index contributed by atoms with van der Waals surface area (Å²) in [5.41, 5.74) is 3.62. The van der Waals surface area contributed by atoms with E-state index in [-0.39, 0.29) is 10.8 Å². The molecule has 9 heteroatoms. The zero-order valence-corrected chi connectivity index (χ0v) is 18.6. The summed E-state index contributed by atoms with van der Waals surface area (Å²) in [6, 6.07) is 15.9. The second kappa shape index (κ2) is 10.7. The van der Waals surface area contributed by atoms with Crippen LogP contribution >= 0.6 is 23.2 Å². The Morgan fingerprint density at radius 2 is 1.56 bits per heavy atom. The van der Waals surface area contributed by atoms with Crippen LogP contribution < -0.4 is 19.6 Å². The van der Waals surface area contributed by atoms with Crippen molar-refractivity contribution in [2.75, 3.05) is 14.2 Å². The van der Waals surface area contributed by atoms with Gasteiger partial charge in [-0.3, -0.25) is 4.79 Å². The van der Waals surface area contributed by atoms with Crippen molar-refractivity contribution in [1.82, 2.24) is 5.43 Å². The number of carbonyl (C=O) groups is 2. The molecule has 7 nitrogen and oxygen atoms in total. The maximum absolute atomic E-state index is 12.5. The fraction of sp³-hybridized carbons (Fsp3) is 0.0870. The van der Waals surface area contributed by atoms with Gasteiger partial charge in [0.1, 0.15) is 5.75 Å². The number of methoxy groups -OCH3 is 2. The van der Waals surface area contributed by atoms with Crippen LogP contribution in [-0.4, -0.2) is 32.3 Å². The highest BCUT2D eigenvalue weighted by atomic mass is 35.5. The van der Waals surface area contributed by atoms with Crippen molar-refractivity contribution in [1.29, 1.82) is 0 Å². The van der Waals surface area contributed by atoms with Crippen LogP contribution in [0.4, 0.5) is 0 Å². The summed E-state index contributed by atoms with van der Waals surface area (Å²) in [4.78, 5) is 24.7. The molecule has 0 atom stereocenters. The minimum atomic E-state index is -0.562. The predicted octanol–water partition coefficient (Wildman–Crippen LogP) is 4.99. The summed E-state index contributed by atoms with van der Waals surface area (Å²) in [7, 11) is 3.00. The third kappa shape index (κ3) is 5.78. The van der Waals surface area contributed by atoms with E-state index >= 15 is 0 Å². The van der Waals surface area contributed by atoms with Gasteiger partial charge in [-0.05, 0) is 66.2 Å². The Morgan fingerprint density at radius 1 is 0.844 bits per heavy atom. The zero-order valence-electron chi connectivity index (χ0n) is 17.1. The lowest BCUT2D eigenvalue weighted by atomic mass is 10.2. The molecule has 0 aliphatic heterocycles. The molecule has 3 aromatic rings. The van der Waals surface area contributed by atoms with Gasteiger partial charge in [-0.15, -0.1) is 0 Å². The molecule has 0 bridgehead atoms. The van der Waals surface area contributed by atoms with Crippen molar-refractivity contribution in [3.05, 3.63) is 87.4 Å². The Hall–Kier alpha value is -3.55. The Kier molecular flexibility index (Phi) is 7.70. The van der Waals surface area contributed by atoms with Crippen molar-refractivity contribution in [3.63, 3.8) is 0 Å². The summed E-state index contributed by atoms with van der Waals surface area (Å²) in [6.45, 7) is 0. The van der Waals surface area contributed by atoms with Crippen LogP contribution in [0.1, 0.15) is 26.3 Å². The van der Waals surface area contributed by atoms with E-state index in [4.69, 9.17) is 37.4 Å². The zero-order chi connectivity index (χ0) is 23.1. The molecular formula is C23H18Cl2N2O5. The minimum Gasteiger partial charge on any atom is -0.497 e. The SMILES string of the molecule is COc1ccc(C(=O)Oc2cc(C=NNC(=O)c3ccc(Cl)c(Cl)c3)ccc2OC)cc1.